The van der Waals surface area contributed by atoms with Gasteiger partial charge in [0.05, 0.1) is 23.7 Å². The summed E-state index contributed by atoms with van der Waals surface area (Å²) in [6, 6.07) is 24.6. The minimum absolute atomic E-state index is 0.116. The van der Waals surface area contributed by atoms with Crippen LogP contribution in [0.15, 0.2) is 77.3 Å². The number of hydrogen-bond donors (Lipinski definition) is 2. The van der Waals surface area contributed by atoms with E-state index in [2.05, 4.69) is 16.5 Å². The number of ether oxygens (including phenoxy) is 1. The second-order valence-corrected chi connectivity index (χ2v) is 9.29. The van der Waals surface area contributed by atoms with Crippen molar-refractivity contribution < 1.29 is 24.0 Å². The van der Waals surface area contributed by atoms with Gasteiger partial charge >= 0.3 is 12.1 Å². The molecule has 1 fully saturated rings. The molecule has 0 atom stereocenters. The highest BCUT2D eigenvalue weighted by molar-refractivity contribution is 5.91. The summed E-state index contributed by atoms with van der Waals surface area (Å²) in [5, 5.41) is 25.4. The van der Waals surface area contributed by atoms with E-state index in [1.807, 2.05) is 60.7 Å². The third-order valence-corrected chi connectivity index (χ3v) is 6.91. The summed E-state index contributed by atoms with van der Waals surface area (Å²) < 4.78 is 10.8. The fourth-order valence-corrected chi connectivity index (χ4v) is 4.50. The zero-order valence-electron chi connectivity index (χ0n) is 20.7. The second-order valence-electron chi connectivity index (χ2n) is 9.29. The van der Waals surface area contributed by atoms with Gasteiger partial charge in [-0.1, -0.05) is 71.9 Å². The fraction of sp³-hybridized carbons (Fsp3) is 0.200. The molecular formula is C30H25N3O5. The number of hydrogen-bond acceptors (Lipinski definition) is 6. The van der Waals surface area contributed by atoms with Gasteiger partial charge in [0.1, 0.15) is 11.4 Å². The van der Waals surface area contributed by atoms with Gasteiger partial charge in [-0.15, -0.1) is 0 Å². The molecule has 8 heteroatoms. The SMILES string of the molecule is Cc1noc(-c2ccc(-c3ccc(C4(C(=O)O)CC4)cc3)cc2)c1NC(=O)OCCc1ccccc1C#N. The van der Waals surface area contributed by atoms with Crippen molar-refractivity contribution in [3.63, 3.8) is 0 Å². The number of aryl methyl sites for hydroxylation is 1. The Bertz CT molecular complexity index is 1530. The Hall–Kier alpha value is -4.90. The molecule has 8 nitrogen and oxygen atoms in total. The predicted molar refractivity (Wildman–Crippen MR) is 140 cm³/mol. The molecule has 5 rings (SSSR count). The first-order valence-corrected chi connectivity index (χ1v) is 12.2. The zero-order valence-corrected chi connectivity index (χ0v) is 20.7. The molecule has 1 heterocycles. The van der Waals surface area contributed by atoms with Crippen molar-refractivity contribution in [3.05, 3.63) is 95.2 Å². The number of benzene rings is 3. The third kappa shape index (κ3) is 4.87. The van der Waals surface area contributed by atoms with Crippen molar-refractivity contribution in [1.82, 2.24) is 5.16 Å². The van der Waals surface area contributed by atoms with Gasteiger partial charge in [0.25, 0.3) is 0 Å². The van der Waals surface area contributed by atoms with Crippen molar-refractivity contribution >= 4 is 17.7 Å². The highest BCUT2D eigenvalue weighted by Gasteiger charge is 2.51. The first-order valence-electron chi connectivity index (χ1n) is 12.2. The van der Waals surface area contributed by atoms with Crippen LogP contribution in [0.3, 0.4) is 0 Å². The minimum Gasteiger partial charge on any atom is -0.481 e. The number of aliphatic carboxylic acids is 1. The van der Waals surface area contributed by atoms with Gasteiger partial charge in [-0.25, -0.2) is 4.79 Å². The standard InChI is InChI=1S/C30H25N3O5/c1-19-26(32-29(36)37-17-14-20-4-2-3-5-24(20)18-31)27(38-33-19)23-8-6-21(7-9-23)22-10-12-25(13-11-22)30(15-16-30)28(34)35/h2-13H,14-17H2,1H3,(H,32,36)(H,34,35). The summed E-state index contributed by atoms with van der Waals surface area (Å²) in [6.45, 7) is 1.84. The van der Waals surface area contributed by atoms with Crippen molar-refractivity contribution in [1.29, 1.82) is 5.26 Å². The van der Waals surface area contributed by atoms with Gasteiger partial charge in [-0.3, -0.25) is 10.1 Å². The normalized spacial score (nSPS) is 13.4. The molecular weight excluding hydrogens is 482 g/mol. The van der Waals surface area contributed by atoms with Gasteiger partial charge in [-0.2, -0.15) is 5.26 Å². The average Bonchev–Trinajstić information content (AvgIpc) is 3.68. The predicted octanol–water partition coefficient (Wildman–Crippen LogP) is 6.10. The van der Waals surface area contributed by atoms with Gasteiger partial charge in [-0.05, 0) is 48.1 Å². The van der Waals surface area contributed by atoms with Gasteiger partial charge in [0, 0.05) is 12.0 Å². The molecule has 1 aromatic heterocycles. The summed E-state index contributed by atoms with van der Waals surface area (Å²) in [5.74, 6) is -0.358. The molecule has 2 N–H and O–H groups in total. The lowest BCUT2D eigenvalue weighted by Gasteiger charge is -2.11. The first-order chi connectivity index (χ1) is 18.4. The smallest absolute Gasteiger partial charge is 0.411 e. The number of nitrogens with one attached hydrogen (secondary N) is 1. The summed E-state index contributed by atoms with van der Waals surface area (Å²) in [7, 11) is 0. The third-order valence-electron chi connectivity index (χ3n) is 6.91. The number of anilines is 1. The lowest BCUT2D eigenvalue weighted by atomic mass is 9.93. The Labute approximate surface area is 219 Å². The monoisotopic (exact) mass is 507 g/mol. The number of amides is 1. The van der Waals surface area contributed by atoms with Crippen LogP contribution >= 0.6 is 0 Å². The van der Waals surface area contributed by atoms with Crippen LogP contribution in [0.4, 0.5) is 10.5 Å². The summed E-state index contributed by atoms with van der Waals surface area (Å²) in [4.78, 5) is 24.1. The number of nitriles is 1. The second kappa shape index (κ2) is 10.2. The van der Waals surface area contributed by atoms with Crippen LogP contribution in [0.5, 0.6) is 0 Å². The highest BCUT2D eigenvalue weighted by atomic mass is 16.5. The molecule has 1 aliphatic rings. The first kappa shape index (κ1) is 24.8. The Morgan fingerprint density at radius 2 is 1.66 bits per heavy atom. The molecule has 0 aliphatic heterocycles. The van der Waals surface area contributed by atoms with E-state index in [0.717, 1.165) is 27.8 Å². The molecule has 0 radical (unpaired) electrons. The maximum Gasteiger partial charge on any atom is 0.411 e. The van der Waals surface area contributed by atoms with Crippen LogP contribution < -0.4 is 5.32 Å². The average molecular weight is 508 g/mol. The fourth-order valence-electron chi connectivity index (χ4n) is 4.50. The Morgan fingerprint density at radius 1 is 1.03 bits per heavy atom. The Morgan fingerprint density at radius 3 is 2.29 bits per heavy atom. The van der Waals surface area contributed by atoms with Crippen LogP contribution in [0, 0.1) is 18.3 Å². The van der Waals surface area contributed by atoms with Gasteiger partial charge in [0.15, 0.2) is 5.76 Å². The summed E-state index contributed by atoms with van der Waals surface area (Å²) in [5.41, 5.74) is 5.07. The van der Waals surface area contributed by atoms with Crippen LogP contribution in [0.1, 0.15) is 35.2 Å². The van der Waals surface area contributed by atoms with E-state index in [0.29, 0.717) is 42.0 Å². The van der Waals surface area contributed by atoms with Crippen molar-refractivity contribution in [3.8, 4) is 28.5 Å². The maximum atomic E-state index is 12.5. The number of aromatic nitrogens is 1. The van der Waals surface area contributed by atoms with Crippen molar-refractivity contribution in [2.24, 2.45) is 0 Å². The lowest BCUT2D eigenvalue weighted by molar-refractivity contribution is -0.140. The number of carboxylic acids is 1. The number of rotatable bonds is 8. The van der Waals surface area contributed by atoms with E-state index in [-0.39, 0.29) is 6.61 Å². The van der Waals surface area contributed by atoms with Crippen molar-refractivity contribution in [2.75, 3.05) is 11.9 Å². The van der Waals surface area contributed by atoms with Crippen LogP contribution in [-0.2, 0) is 21.4 Å². The van der Waals surface area contributed by atoms with Crippen LogP contribution in [-0.4, -0.2) is 28.9 Å². The molecule has 3 aromatic carbocycles. The molecule has 1 saturated carbocycles. The molecule has 4 aromatic rings. The largest absolute Gasteiger partial charge is 0.481 e. The molecule has 190 valence electrons. The number of carbonyl (C=O) groups excluding carboxylic acids is 1. The molecule has 0 spiro atoms. The van der Waals surface area contributed by atoms with Gasteiger partial charge < -0.3 is 14.4 Å². The lowest BCUT2D eigenvalue weighted by Crippen LogP contribution is -2.19. The Balaban J connectivity index is 1.25. The van der Waals surface area contributed by atoms with E-state index in [4.69, 9.17) is 9.26 Å². The van der Waals surface area contributed by atoms with E-state index >= 15 is 0 Å². The number of nitrogens with zero attached hydrogens (tertiary/aromatic N) is 2. The van der Waals surface area contributed by atoms with Crippen molar-refractivity contribution in [2.45, 2.75) is 31.6 Å². The van der Waals surface area contributed by atoms with E-state index < -0.39 is 17.5 Å². The van der Waals surface area contributed by atoms with Crippen LogP contribution in [0.2, 0.25) is 0 Å². The topological polar surface area (TPSA) is 125 Å². The molecule has 1 aliphatic carbocycles. The van der Waals surface area contributed by atoms with E-state index in [9.17, 15) is 20.0 Å². The van der Waals surface area contributed by atoms with E-state index in [1.54, 1.807) is 19.1 Å². The summed E-state index contributed by atoms with van der Waals surface area (Å²) in [6.07, 6.45) is 1.13. The zero-order chi connectivity index (χ0) is 26.7. The van der Waals surface area contributed by atoms with Gasteiger partial charge in [0.2, 0.25) is 0 Å². The molecule has 0 bridgehead atoms. The molecule has 0 unspecified atom stereocenters. The molecule has 1 amide bonds. The molecule has 38 heavy (non-hydrogen) atoms. The minimum atomic E-state index is -0.769. The number of carbonyl (C=O) groups is 2. The highest BCUT2D eigenvalue weighted by Crippen LogP contribution is 2.48. The quantitative estimate of drug-likeness (QED) is 0.295. The molecule has 0 saturated heterocycles. The van der Waals surface area contributed by atoms with Crippen LogP contribution in [0.25, 0.3) is 22.5 Å². The Kier molecular flexibility index (Phi) is 6.67. The van der Waals surface area contributed by atoms with E-state index in [1.165, 1.54) is 0 Å². The summed E-state index contributed by atoms with van der Waals surface area (Å²) >= 11 is 0. The number of carboxylic acid groups (broad SMARTS) is 1. The maximum absolute atomic E-state index is 12.5.